The molecule has 0 spiro atoms. The van der Waals surface area contributed by atoms with E-state index in [1.807, 2.05) is 0 Å². The molecule has 0 aliphatic heterocycles. The van der Waals surface area contributed by atoms with Crippen LogP contribution in [0.2, 0.25) is 0 Å². The predicted octanol–water partition coefficient (Wildman–Crippen LogP) is 1.72. The van der Waals surface area contributed by atoms with Crippen LogP contribution in [0.25, 0.3) is 0 Å². The average molecular weight is 416 g/mol. The van der Waals surface area contributed by atoms with Crippen molar-refractivity contribution in [2.45, 2.75) is 13.3 Å². The van der Waals surface area contributed by atoms with Crippen molar-refractivity contribution in [2.24, 2.45) is 5.10 Å². The number of methoxy groups -OCH3 is 3. The molecule has 0 unspecified atom stereocenters. The third kappa shape index (κ3) is 6.08. The minimum atomic E-state index is -1.19. The molecule has 154 valence electrons. The molecule has 2 rings (SSSR count). The van der Waals surface area contributed by atoms with Gasteiger partial charge in [0.2, 0.25) is 0 Å². The highest BCUT2D eigenvalue weighted by molar-refractivity contribution is 7.80. The first-order valence-electron chi connectivity index (χ1n) is 8.58. The van der Waals surface area contributed by atoms with Crippen molar-refractivity contribution >= 4 is 34.7 Å². The molecule has 0 atom stereocenters. The zero-order valence-corrected chi connectivity index (χ0v) is 17.4. The standard InChI is InChI=1S/C20H23N3O5S/c1-12(13-5-7-16(26-2)14(9-13)10-19(24)25)22-23-20(29)21-15-6-8-17(27-3)18(11-15)28-4/h5-9,11H,10H2,1-4H3,(H,24,25)(H2,21,23,29)/p-1/b22-12-. The highest BCUT2D eigenvalue weighted by Gasteiger charge is 2.08. The molecule has 0 fully saturated rings. The molecule has 9 heteroatoms. The van der Waals surface area contributed by atoms with E-state index in [9.17, 15) is 9.90 Å². The molecule has 2 aromatic rings. The van der Waals surface area contributed by atoms with Crippen LogP contribution in [0.5, 0.6) is 17.2 Å². The Labute approximate surface area is 174 Å². The van der Waals surface area contributed by atoms with E-state index in [0.717, 1.165) is 5.56 Å². The minimum Gasteiger partial charge on any atom is -0.550 e. The molecule has 0 aromatic heterocycles. The number of nitrogens with zero attached hydrogens (tertiary/aromatic N) is 1. The first kappa shape index (κ1) is 22.0. The van der Waals surface area contributed by atoms with Gasteiger partial charge in [0, 0.05) is 29.7 Å². The largest absolute Gasteiger partial charge is 0.550 e. The third-order valence-corrected chi connectivity index (χ3v) is 4.19. The number of anilines is 1. The summed E-state index contributed by atoms with van der Waals surface area (Å²) in [6, 6.07) is 10.5. The van der Waals surface area contributed by atoms with Crippen LogP contribution < -0.4 is 30.1 Å². The van der Waals surface area contributed by atoms with Crippen LogP contribution in [0.3, 0.4) is 0 Å². The molecule has 0 radical (unpaired) electrons. The van der Waals surface area contributed by atoms with Crippen LogP contribution in [0.4, 0.5) is 5.69 Å². The van der Waals surface area contributed by atoms with Gasteiger partial charge in [0.15, 0.2) is 16.6 Å². The summed E-state index contributed by atoms with van der Waals surface area (Å²) >= 11 is 5.26. The van der Waals surface area contributed by atoms with Crippen LogP contribution >= 0.6 is 12.2 Å². The molecule has 2 N–H and O–H groups in total. The number of rotatable bonds is 8. The summed E-state index contributed by atoms with van der Waals surface area (Å²) in [4.78, 5) is 10.9. The lowest BCUT2D eigenvalue weighted by atomic mass is 10.0. The number of carboxylic acids is 1. The molecule has 0 heterocycles. The fourth-order valence-corrected chi connectivity index (χ4v) is 2.73. The second kappa shape index (κ2) is 10.3. The van der Waals surface area contributed by atoms with Gasteiger partial charge in [-0.05, 0) is 55.0 Å². The van der Waals surface area contributed by atoms with Crippen LogP contribution in [0.15, 0.2) is 41.5 Å². The summed E-state index contributed by atoms with van der Waals surface area (Å²) < 4.78 is 15.6. The Hall–Kier alpha value is -3.33. The van der Waals surface area contributed by atoms with E-state index in [1.165, 1.54) is 7.11 Å². The number of carbonyl (C=O) groups excluding carboxylic acids is 1. The zero-order chi connectivity index (χ0) is 21.4. The summed E-state index contributed by atoms with van der Waals surface area (Å²) in [6.07, 6.45) is -0.253. The summed E-state index contributed by atoms with van der Waals surface area (Å²) in [7, 11) is 4.59. The number of carboxylic acid groups (broad SMARTS) is 1. The zero-order valence-electron chi connectivity index (χ0n) is 16.6. The van der Waals surface area contributed by atoms with Gasteiger partial charge in [-0.15, -0.1) is 0 Å². The van der Waals surface area contributed by atoms with E-state index in [-0.39, 0.29) is 11.5 Å². The summed E-state index contributed by atoms with van der Waals surface area (Å²) in [5.74, 6) is 0.467. The molecule has 0 saturated carbocycles. The molecule has 8 nitrogen and oxygen atoms in total. The van der Waals surface area contributed by atoms with E-state index in [4.69, 9.17) is 26.4 Å². The molecule has 0 saturated heterocycles. The predicted molar refractivity (Wildman–Crippen MR) is 113 cm³/mol. The van der Waals surface area contributed by atoms with Gasteiger partial charge < -0.3 is 29.4 Å². The SMILES string of the molecule is COc1ccc(/C(C)=N\NC(=S)Nc2ccc(OC)c(OC)c2)cc1CC(=O)[O-]. The molecular weight excluding hydrogens is 394 g/mol. The van der Waals surface area contributed by atoms with Gasteiger partial charge >= 0.3 is 0 Å². The molecular formula is C20H22N3O5S-. The maximum atomic E-state index is 10.9. The van der Waals surface area contributed by atoms with Gasteiger partial charge in [0.05, 0.1) is 27.0 Å². The van der Waals surface area contributed by atoms with Gasteiger partial charge in [-0.2, -0.15) is 5.10 Å². The maximum absolute atomic E-state index is 10.9. The molecule has 0 aliphatic rings. The van der Waals surface area contributed by atoms with Crippen LogP contribution in [-0.2, 0) is 11.2 Å². The highest BCUT2D eigenvalue weighted by Crippen LogP contribution is 2.29. The number of hydrogen-bond donors (Lipinski definition) is 2. The first-order valence-corrected chi connectivity index (χ1v) is 8.99. The summed E-state index contributed by atoms with van der Waals surface area (Å²) in [6.45, 7) is 1.77. The number of hydrazone groups is 1. The van der Waals surface area contributed by atoms with E-state index < -0.39 is 5.97 Å². The molecule has 0 bridgehead atoms. The highest BCUT2D eigenvalue weighted by atomic mass is 32.1. The van der Waals surface area contributed by atoms with Crippen molar-refractivity contribution < 1.29 is 24.1 Å². The van der Waals surface area contributed by atoms with E-state index in [0.29, 0.717) is 34.2 Å². The maximum Gasteiger partial charge on any atom is 0.191 e. The van der Waals surface area contributed by atoms with Crippen molar-refractivity contribution in [1.29, 1.82) is 0 Å². The Bertz CT molecular complexity index is 930. The van der Waals surface area contributed by atoms with Crippen molar-refractivity contribution in [3.8, 4) is 17.2 Å². The lowest BCUT2D eigenvalue weighted by Crippen LogP contribution is -2.25. The van der Waals surface area contributed by atoms with Crippen LogP contribution in [0.1, 0.15) is 18.1 Å². The summed E-state index contributed by atoms with van der Waals surface area (Å²) in [5.41, 5.74) is 5.31. The quantitative estimate of drug-likeness (QED) is 0.381. The van der Waals surface area contributed by atoms with Crippen molar-refractivity contribution in [1.82, 2.24) is 5.43 Å². The average Bonchev–Trinajstić information content (AvgIpc) is 2.71. The van der Waals surface area contributed by atoms with Gasteiger partial charge in [0.25, 0.3) is 0 Å². The number of hydrogen-bond acceptors (Lipinski definition) is 7. The molecule has 29 heavy (non-hydrogen) atoms. The topological polar surface area (TPSA) is 104 Å². The molecule has 0 aliphatic carbocycles. The monoisotopic (exact) mass is 416 g/mol. The van der Waals surface area contributed by atoms with Crippen molar-refractivity contribution in [3.05, 3.63) is 47.5 Å². The Morgan fingerprint density at radius 2 is 1.69 bits per heavy atom. The Kier molecular flexibility index (Phi) is 7.79. The lowest BCUT2D eigenvalue weighted by Gasteiger charge is -2.13. The van der Waals surface area contributed by atoms with Gasteiger partial charge in [-0.3, -0.25) is 5.43 Å². The Balaban J connectivity index is 2.09. The van der Waals surface area contributed by atoms with Crippen LogP contribution in [-0.4, -0.2) is 38.1 Å². The van der Waals surface area contributed by atoms with Crippen LogP contribution in [0, 0.1) is 0 Å². The van der Waals surface area contributed by atoms with Gasteiger partial charge in [-0.25, -0.2) is 0 Å². The molecule has 0 amide bonds. The normalized spacial score (nSPS) is 10.8. The van der Waals surface area contributed by atoms with E-state index in [2.05, 4.69) is 15.8 Å². The fraction of sp³-hybridized carbons (Fsp3) is 0.250. The molecule has 2 aromatic carbocycles. The number of nitrogens with one attached hydrogen (secondary N) is 2. The Morgan fingerprint density at radius 1 is 1.03 bits per heavy atom. The van der Waals surface area contributed by atoms with E-state index >= 15 is 0 Å². The lowest BCUT2D eigenvalue weighted by molar-refractivity contribution is -0.304. The number of carbonyl (C=O) groups is 1. The number of thiocarbonyl (C=S) groups is 1. The van der Waals surface area contributed by atoms with Crippen molar-refractivity contribution in [2.75, 3.05) is 26.6 Å². The second-order valence-corrected chi connectivity index (χ2v) is 6.32. The summed E-state index contributed by atoms with van der Waals surface area (Å²) in [5, 5.41) is 18.5. The number of benzene rings is 2. The van der Waals surface area contributed by atoms with Gasteiger partial charge in [0.1, 0.15) is 5.75 Å². The number of aliphatic carboxylic acids is 1. The Morgan fingerprint density at radius 3 is 2.31 bits per heavy atom. The smallest absolute Gasteiger partial charge is 0.191 e. The van der Waals surface area contributed by atoms with Gasteiger partial charge in [-0.1, -0.05) is 0 Å². The second-order valence-electron chi connectivity index (χ2n) is 5.91. The number of ether oxygens (including phenoxy) is 3. The third-order valence-electron chi connectivity index (χ3n) is 4.00. The fourth-order valence-electron chi connectivity index (χ4n) is 2.57. The van der Waals surface area contributed by atoms with E-state index in [1.54, 1.807) is 57.5 Å². The van der Waals surface area contributed by atoms with Crippen molar-refractivity contribution in [3.63, 3.8) is 0 Å². The first-order chi connectivity index (χ1) is 13.9. The minimum absolute atomic E-state index is 0.253.